The van der Waals surface area contributed by atoms with E-state index < -0.39 is 5.41 Å². The van der Waals surface area contributed by atoms with Crippen LogP contribution in [0.1, 0.15) is 22.3 Å². The summed E-state index contributed by atoms with van der Waals surface area (Å²) >= 11 is 0. The minimum absolute atomic E-state index is 0.532. The van der Waals surface area contributed by atoms with Crippen LogP contribution >= 0.6 is 0 Å². The maximum Gasteiger partial charge on any atom is 0.187 e. The summed E-state index contributed by atoms with van der Waals surface area (Å²) in [6.45, 7) is 7.95. The molecule has 0 amide bonds. The lowest BCUT2D eigenvalue weighted by Gasteiger charge is -2.30. The predicted molar refractivity (Wildman–Crippen MR) is 204 cm³/mol. The Labute approximate surface area is 296 Å². The molecule has 2 aliphatic carbocycles. The Morgan fingerprint density at radius 2 is 0.863 bits per heavy atom. The highest BCUT2D eigenvalue weighted by atomic mass is 15.0. The molecule has 236 valence electrons. The van der Waals surface area contributed by atoms with Crippen LogP contribution in [0.25, 0.3) is 72.4 Å². The molecule has 0 saturated carbocycles. The van der Waals surface area contributed by atoms with E-state index >= 15 is 0 Å². The third kappa shape index (κ3) is 4.29. The van der Waals surface area contributed by atoms with Gasteiger partial charge in [0.15, 0.2) is 23.2 Å². The van der Waals surface area contributed by atoms with Crippen LogP contribution in [0.4, 0.5) is 5.69 Å². The molecule has 8 aromatic rings. The van der Waals surface area contributed by atoms with E-state index in [0.29, 0.717) is 23.2 Å². The van der Waals surface area contributed by atoms with Gasteiger partial charge >= 0.3 is 0 Å². The van der Waals surface area contributed by atoms with Gasteiger partial charge in [-0.1, -0.05) is 164 Å². The minimum Gasteiger partial charge on any atom is -0.238 e. The largest absolute Gasteiger partial charge is 0.238 e. The topological polar surface area (TPSA) is 43.0 Å². The monoisotopic (exact) mass is 648 g/mol. The van der Waals surface area contributed by atoms with Gasteiger partial charge in [0.05, 0.1) is 12.0 Å². The van der Waals surface area contributed by atoms with Gasteiger partial charge in [0.2, 0.25) is 0 Å². The molecule has 0 atom stereocenters. The van der Waals surface area contributed by atoms with E-state index in [1.807, 2.05) is 66.7 Å². The Kier molecular flexibility index (Phi) is 6.43. The van der Waals surface area contributed by atoms with E-state index in [4.69, 9.17) is 21.5 Å². The normalized spacial score (nSPS) is 12.8. The number of rotatable bonds is 4. The molecule has 4 heteroatoms. The second-order valence-corrected chi connectivity index (χ2v) is 13.0. The first-order valence-corrected chi connectivity index (χ1v) is 17.1. The van der Waals surface area contributed by atoms with E-state index in [2.05, 4.69) is 108 Å². The van der Waals surface area contributed by atoms with Crippen molar-refractivity contribution in [3.8, 4) is 67.5 Å². The van der Waals surface area contributed by atoms with Crippen LogP contribution in [0.3, 0.4) is 0 Å². The van der Waals surface area contributed by atoms with Crippen molar-refractivity contribution in [1.29, 1.82) is 0 Å². The molecular weight excluding hydrogens is 621 g/mol. The summed E-state index contributed by atoms with van der Waals surface area (Å²) in [5, 5.41) is 0. The zero-order valence-corrected chi connectivity index (χ0v) is 27.5. The lowest BCUT2D eigenvalue weighted by atomic mass is 9.70. The Hall–Kier alpha value is -6.96. The average Bonchev–Trinajstić information content (AvgIpc) is 3.68. The van der Waals surface area contributed by atoms with Crippen molar-refractivity contribution < 1.29 is 0 Å². The molecule has 0 N–H and O–H groups in total. The smallest absolute Gasteiger partial charge is 0.187 e. The maximum atomic E-state index is 7.95. The zero-order valence-electron chi connectivity index (χ0n) is 27.5. The number of hydrogen-bond acceptors (Lipinski definition) is 3. The van der Waals surface area contributed by atoms with Gasteiger partial charge in [-0.05, 0) is 61.7 Å². The molecule has 1 aromatic heterocycles. The van der Waals surface area contributed by atoms with Crippen LogP contribution in [0, 0.1) is 6.57 Å². The summed E-state index contributed by atoms with van der Waals surface area (Å²) < 4.78 is 0. The Morgan fingerprint density at radius 1 is 0.373 bits per heavy atom. The molecule has 0 aliphatic heterocycles. The van der Waals surface area contributed by atoms with Crippen LogP contribution in [-0.4, -0.2) is 15.0 Å². The van der Waals surface area contributed by atoms with Crippen molar-refractivity contribution in [3.05, 3.63) is 204 Å². The SMILES string of the molecule is [C-]#[N+]c1ccc2c(c1)C1(c3ccccc3-c3ccccc31)c1cccc(-c3cccc(-c4nc(-c5ccccc5)nc(-c5ccccc5)n4)c3)c1-2. The molecule has 4 nitrogen and oxygen atoms in total. The van der Waals surface area contributed by atoms with Gasteiger partial charge in [-0.15, -0.1) is 0 Å². The number of hydrogen-bond donors (Lipinski definition) is 0. The van der Waals surface area contributed by atoms with Crippen LogP contribution in [-0.2, 0) is 5.41 Å². The lowest BCUT2D eigenvalue weighted by Crippen LogP contribution is -2.25. The average molecular weight is 649 g/mol. The molecule has 1 heterocycles. The fraction of sp³-hybridized carbons (Fsp3) is 0.0213. The van der Waals surface area contributed by atoms with Gasteiger partial charge in [-0.2, -0.15) is 0 Å². The first kappa shape index (κ1) is 29.0. The fourth-order valence-electron chi connectivity index (χ4n) is 8.25. The van der Waals surface area contributed by atoms with Crippen LogP contribution in [0.5, 0.6) is 0 Å². The number of benzene rings is 7. The molecular formula is C47H28N4. The molecule has 0 fully saturated rings. The van der Waals surface area contributed by atoms with Crippen molar-refractivity contribution in [3.63, 3.8) is 0 Å². The molecule has 2 aliphatic rings. The summed E-state index contributed by atoms with van der Waals surface area (Å²) in [7, 11) is 0. The summed E-state index contributed by atoms with van der Waals surface area (Å²) in [5.41, 5.74) is 14.8. The summed E-state index contributed by atoms with van der Waals surface area (Å²) in [6.07, 6.45) is 0. The van der Waals surface area contributed by atoms with Gasteiger partial charge in [-0.25, -0.2) is 19.8 Å². The number of nitrogens with zero attached hydrogens (tertiary/aromatic N) is 4. The summed E-state index contributed by atoms with van der Waals surface area (Å²) in [4.78, 5) is 18.8. The first-order valence-electron chi connectivity index (χ1n) is 17.1. The van der Waals surface area contributed by atoms with Gasteiger partial charge in [0.25, 0.3) is 0 Å². The van der Waals surface area contributed by atoms with Crippen LogP contribution in [0.15, 0.2) is 170 Å². The van der Waals surface area contributed by atoms with Crippen molar-refractivity contribution >= 4 is 5.69 Å². The van der Waals surface area contributed by atoms with Gasteiger partial charge in [0.1, 0.15) is 0 Å². The highest BCUT2D eigenvalue weighted by Crippen LogP contribution is 2.64. The van der Waals surface area contributed by atoms with E-state index in [1.54, 1.807) is 0 Å². The quantitative estimate of drug-likeness (QED) is 0.178. The van der Waals surface area contributed by atoms with Crippen molar-refractivity contribution in [2.45, 2.75) is 5.41 Å². The van der Waals surface area contributed by atoms with E-state index in [9.17, 15) is 0 Å². The second kappa shape index (κ2) is 11.3. The van der Waals surface area contributed by atoms with Crippen molar-refractivity contribution in [1.82, 2.24) is 15.0 Å². The highest BCUT2D eigenvalue weighted by molar-refractivity contribution is 6.00. The summed E-state index contributed by atoms with van der Waals surface area (Å²) in [6, 6.07) is 59.1. The van der Waals surface area contributed by atoms with E-state index in [0.717, 1.165) is 38.9 Å². The zero-order chi connectivity index (χ0) is 33.9. The highest BCUT2D eigenvalue weighted by Gasteiger charge is 2.52. The lowest BCUT2D eigenvalue weighted by molar-refractivity contribution is 0.794. The van der Waals surface area contributed by atoms with Crippen molar-refractivity contribution in [2.75, 3.05) is 0 Å². The van der Waals surface area contributed by atoms with E-state index in [-0.39, 0.29) is 0 Å². The van der Waals surface area contributed by atoms with Gasteiger partial charge < -0.3 is 0 Å². The Morgan fingerprint density at radius 3 is 1.49 bits per heavy atom. The molecule has 7 aromatic carbocycles. The van der Waals surface area contributed by atoms with Crippen LogP contribution in [0.2, 0.25) is 0 Å². The van der Waals surface area contributed by atoms with Crippen LogP contribution < -0.4 is 0 Å². The van der Waals surface area contributed by atoms with Gasteiger partial charge in [0, 0.05) is 16.7 Å². The second-order valence-electron chi connectivity index (χ2n) is 13.0. The third-order valence-corrected chi connectivity index (χ3v) is 10.4. The molecule has 0 saturated heterocycles. The van der Waals surface area contributed by atoms with Gasteiger partial charge in [-0.3, -0.25) is 0 Å². The Bertz CT molecular complexity index is 2600. The molecule has 0 unspecified atom stereocenters. The molecule has 51 heavy (non-hydrogen) atoms. The molecule has 1 spiro atoms. The fourth-order valence-corrected chi connectivity index (χ4v) is 8.25. The first-order chi connectivity index (χ1) is 25.2. The standard InChI is InChI=1S/C47H28N4/c1-48-34-26-27-38-42(29-34)47(39-23-10-8-20-36(39)37-21-9-11-24-40(37)47)41-25-13-22-35(43(38)41)32-18-12-19-33(28-32)46-50-44(30-14-4-2-5-15-30)49-45(51-46)31-16-6-3-7-17-31/h2-29H. The van der Waals surface area contributed by atoms with E-state index in [1.165, 1.54) is 33.4 Å². The number of fused-ring (bicyclic) bond motifs is 10. The molecule has 0 bridgehead atoms. The third-order valence-electron chi connectivity index (χ3n) is 10.4. The molecule has 0 radical (unpaired) electrons. The number of aromatic nitrogens is 3. The summed E-state index contributed by atoms with van der Waals surface area (Å²) in [5.74, 6) is 1.89. The predicted octanol–water partition coefficient (Wildman–Crippen LogP) is 11.4. The maximum absolute atomic E-state index is 7.95. The minimum atomic E-state index is -0.532. The van der Waals surface area contributed by atoms with Crippen molar-refractivity contribution in [2.24, 2.45) is 0 Å². The Balaban J connectivity index is 1.20. The molecule has 10 rings (SSSR count).